The van der Waals surface area contributed by atoms with Gasteiger partial charge in [0.25, 0.3) is 0 Å². The van der Waals surface area contributed by atoms with Crippen molar-refractivity contribution in [2.24, 2.45) is 0 Å². The molecule has 0 atom stereocenters. The van der Waals surface area contributed by atoms with Crippen LogP contribution in [-0.2, 0) is 37.3 Å². The van der Waals surface area contributed by atoms with Gasteiger partial charge < -0.3 is 9.30 Å². The van der Waals surface area contributed by atoms with Crippen LogP contribution < -0.4 is 4.74 Å². The molecule has 312 valence electrons. The van der Waals surface area contributed by atoms with Crippen molar-refractivity contribution in [2.75, 3.05) is 0 Å². The van der Waals surface area contributed by atoms with Gasteiger partial charge in [-0.3, -0.25) is 4.68 Å². The van der Waals surface area contributed by atoms with Crippen molar-refractivity contribution in [3.63, 3.8) is 0 Å². The molecule has 3 heterocycles. The quantitative estimate of drug-likeness (QED) is 0.128. The van der Waals surface area contributed by atoms with Crippen LogP contribution in [0.25, 0.3) is 44.2 Å². The number of para-hydroxylation sites is 1. The summed E-state index contributed by atoms with van der Waals surface area (Å²) in [5.41, 5.74) is 10.1. The van der Waals surface area contributed by atoms with E-state index in [1.54, 1.807) is 0 Å². The van der Waals surface area contributed by atoms with Gasteiger partial charge in [-0.15, -0.1) is 41.3 Å². The Morgan fingerprint density at radius 2 is 1.06 bits per heavy atom. The van der Waals surface area contributed by atoms with Crippen molar-refractivity contribution in [3.05, 3.63) is 228 Å². The first kappa shape index (κ1) is 41.8. The zero-order valence-electron chi connectivity index (χ0n) is 36.3. The normalized spacial score (nSPS) is 12.2. The average Bonchev–Trinajstić information content (AvgIpc) is 3.89. The van der Waals surface area contributed by atoms with Crippen molar-refractivity contribution in [1.29, 1.82) is 0 Å². The van der Waals surface area contributed by atoms with E-state index in [1.807, 2.05) is 35.3 Å². The smallest absolute Gasteiger partial charge is 0.509 e. The molecule has 0 N–H and O–H groups in total. The fraction of sp³-hybridized carbons (Fsp3) is 0.158. The molecule has 0 amide bonds. The summed E-state index contributed by atoms with van der Waals surface area (Å²) in [5.74, 6) is 1.98. The zero-order chi connectivity index (χ0) is 42.6. The Morgan fingerprint density at radius 1 is 0.476 bits per heavy atom. The number of fused-ring (bicyclic) bond motifs is 4. The first-order valence-corrected chi connectivity index (χ1v) is 21.3. The van der Waals surface area contributed by atoms with Gasteiger partial charge in [-0.2, -0.15) is 11.2 Å². The Balaban J connectivity index is 0.00000504. The predicted molar refractivity (Wildman–Crippen MR) is 253 cm³/mol. The van der Waals surface area contributed by atoms with Crippen LogP contribution in [0.1, 0.15) is 74.9 Å². The summed E-state index contributed by atoms with van der Waals surface area (Å²) >= 11 is 0. The maximum Gasteiger partial charge on any atom is 2.00 e. The molecule has 6 heteroatoms. The van der Waals surface area contributed by atoms with Crippen LogP contribution in [0.4, 0.5) is 0 Å². The summed E-state index contributed by atoms with van der Waals surface area (Å²) in [6.07, 6.45) is 3.82. The van der Waals surface area contributed by atoms with Gasteiger partial charge in [0.2, 0.25) is 0 Å². The second kappa shape index (κ2) is 16.3. The molecule has 0 spiro atoms. The van der Waals surface area contributed by atoms with Crippen LogP contribution >= 0.6 is 0 Å². The Kier molecular flexibility index (Phi) is 10.8. The molecule has 10 rings (SSSR count). The second-order valence-electron chi connectivity index (χ2n) is 17.9. The molecule has 0 saturated heterocycles. The van der Waals surface area contributed by atoms with E-state index in [9.17, 15) is 0 Å². The summed E-state index contributed by atoms with van der Waals surface area (Å²) in [5, 5.41) is 8.08. The van der Waals surface area contributed by atoms with E-state index in [2.05, 4.69) is 210 Å². The fourth-order valence-corrected chi connectivity index (χ4v) is 8.95. The zero-order valence-corrected chi connectivity index (χ0v) is 38.6. The number of aromatic nitrogens is 4. The summed E-state index contributed by atoms with van der Waals surface area (Å²) in [4.78, 5) is 5.04. The summed E-state index contributed by atoms with van der Waals surface area (Å²) < 4.78 is 11.1. The molecule has 63 heavy (non-hydrogen) atoms. The van der Waals surface area contributed by atoms with E-state index in [0.717, 1.165) is 49.8 Å². The molecule has 10 aromatic rings. The molecule has 0 saturated carbocycles. The average molecular weight is 1000 g/mol. The molecule has 0 radical (unpaired) electrons. The van der Waals surface area contributed by atoms with Crippen LogP contribution in [0.3, 0.4) is 0 Å². The van der Waals surface area contributed by atoms with Crippen LogP contribution in [0, 0.1) is 12.1 Å². The molecular formula is C57H48N4OPt. The van der Waals surface area contributed by atoms with Gasteiger partial charge in [-0.05, 0) is 68.6 Å². The third-order valence-electron chi connectivity index (χ3n) is 13.0. The Morgan fingerprint density at radius 3 is 1.71 bits per heavy atom. The van der Waals surface area contributed by atoms with Gasteiger partial charge in [0.1, 0.15) is 5.82 Å². The molecule has 0 fully saturated rings. The molecule has 0 aliphatic rings. The number of pyridine rings is 1. The predicted octanol–water partition coefficient (Wildman–Crippen LogP) is 13.9. The molecule has 0 unspecified atom stereocenters. The SMILES string of the molecule is CC(C)(c1ccccc1)c1cc(Oc2[c-]c3c(cc2)c2cc(C(C)(C)c4ccccc4)ccc2n3-c2cc(C(C)(C)c3ccccc3)ccn2)[c-]c(-n2ncc3ccccc32)c1.[Pt+2]. The molecule has 0 aliphatic heterocycles. The maximum atomic E-state index is 6.88. The Labute approximate surface area is 384 Å². The molecule has 0 bridgehead atoms. The molecule has 5 nitrogen and oxygen atoms in total. The summed E-state index contributed by atoms with van der Waals surface area (Å²) in [6, 6.07) is 67.2. The number of rotatable bonds is 10. The topological polar surface area (TPSA) is 44.9 Å². The van der Waals surface area contributed by atoms with Crippen molar-refractivity contribution < 1.29 is 25.8 Å². The van der Waals surface area contributed by atoms with Gasteiger partial charge in [-0.25, -0.2) is 4.98 Å². The van der Waals surface area contributed by atoms with Gasteiger partial charge in [0.05, 0.1) is 11.7 Å². The number of hydrogen-bond donors (Lipinski definition) is 0. The van der Waals surface area contributed by atoms with E-state index < -0.39 is 0 Å². The monoisotopic (exact) mass is 999 g/mol. The fourth-order valence-electron chi connectivity index (χ4n) is 8.95. The van der Waals surface area contributed by atoms with Crippen molar-refractivity contribution in [3.8, 4) is 23.0 Å². The van der Waals surface area contributed by atoms with Crippen molar-refractivity contribution in [2.45, 2.75) is 57.8 Å². The Hall–Kier alpha value is -6.55. The van der Waals surface area contributed by atoms with E-state index in [1.165, 1.54) is 27.8 Å². The van der Waals surface area contributed by atoms with Gasteiger partial charge in [0.15, 0.2) is 0 Å². The van der Waals surface area contributed by atoms with E-state index in [0.29, 0.717) is 11.5 Å². The maximum absolute atomic E-state index is 6.88. The standard InChI is InChI=1S/C57H48N4O.Pt/c1-55(2,40-19-10-7-11-20-40)43-26-29-52-50(34-43)49-28-27-47(37-53(49)60(52)54-35-44(30-31-58-54)56(3,4)41-21-12-8-13-22-41)62-48-33-45(57(5,6)42-23-14-9-15-24-42)32-46(36-48)61-51-25-17-16-18-39(51)38-59-61;/h7-35,38H,1-6H3;/q-2;+2. The molecule has 7 aromatic carbocycles. The van der Waals surface area contributed by atoms with E-state index >= 15 is 0 Å². The van der Waals surface area contributed by atoms with Gasteiger partial charge in [-0.1, -0.05) is 168 Å². The minimum Gasteiger partial charge on any atom is -0.509 e. The van der Waals surface area contributed by atoms with Crippen LogP contribution in [0.5, 0.6) is 11.5 Å². The minimum atomic E-state index is -0.346. The second-order valence-corrected chi connectivity index (χ2v) is 17.9. The van der Waals surface area contributed by atoms with Crippen LogP contribution in [-0.4, -0.2) is 19.3 Å². The summed E-state index contributed by atoms with van der Waals surface area (Å²) in [6.45, 7) is 13.6. The summed E-state index contributed by atoms with van der Waals surface area (Å²) in [7, 11) is 0. The van der Waals surface area contributed by atoms with Gasteiger partial charge >= 0.3 is 21.1 Å². The van der Waals surface area contributed by atoms with Crippen LogP contribution in [0.2, 0.25) is 0 Å². The number of nitrogens with zero attached hydrogens (tertiary/aromatic N) is 4. The Bertz CT molecular complexity index is 3240. The van der Waals surface area contributed by atoms with E-state index in [4.69, 9.17) is 14.8 Å². The van der Waals surface area contributed by atoms with E-state index in [-0.39, 0.29) is 37.3 Å². The largest absolute Gasteiger partial charge is 2.00 e. The molecular weight excluding hydrogens is 952 g/mol. The first-order chi connectivity index (χ1) is 30.0. The minimum absolute atomic E-state index is 0. The number of benzene rings is 7. The third kappa shape index (κ3) is 7.49. The first-order valence-electron chi connectivity index (χ1n) is 21.3. The van der Waals surface area contributed by atoms with Crippen molar-refractivity contribution in [1.82, 2.24) is 19.3 Å². The van der Waals surface area contributed by atoms with Crippen LogP contribution in [0.15, 0.2) is 182 Å². The third-order valence-corrected chi connectivity index (χ3v) is 13.0. The molecule has 3 aromatic heterocycles. The molecule has 0 aliphatic carbocycles. The number of hydrogen-bond acceptors (Lipinski definition) is 3. The number of ether oxygens (including phenoxy) is 1. The van der Waals surface area contributed by atoms with Crippen molar-refractivity contribution >= 4 is 32.7 Å². The van der Waals surface area contributed by atoms with Gasteiger partial charge in [0, 0.05) is 39.4 Å².